The highest BCUT2D eigenvalue weighted by Gasteiger charge is 2.24. The number of nitrogens with zero attached hydrogens (tertiary/aromatic N) is 4. The summed E-state index contributed by atoms with van der Waals surface area (Å²) in [5.74, 6) is -0.0837. The van der Waals surface area contributed by atoms with Crippen molar-refractivity contribution in [3.8, 4) is 5.88 Å². The maximum Gasteiger partial charge on any atom is 0.226 e. The van der Waals surface area contributed by atoms with Crippen LogP contribution in [0.4, 0.5) is 21.7 Å². The monoisotopic (exact) mass is 433 g/mol. The Morgan fingerprint density at radius 3 is 2.72 bits per heavy atom. The van der Waals surface area contributed by atoms with Crippen molar-refractivity contribution in [2.45, 2.75) is 25.3 Å². The minimum absolute atomic E-state index is 0.136. The molecule has 0 amide bonds. The molecular formula is C22H20FN7O2. The number of H-pyrrole nitrogens is 1. The van der Waals surface area contributed by atoms with E-state index in [1.807, 2.05) is 0 Å². The lowest BCUT2D eigenvalue weighted by atomic mass is 9.93. The maximum absolute atomic E-state index is 14.8. The number of aromatic amines is 1. The van der Waals surface area contributed by atoms with Gasteiger partial charge < -0.3 is 20.4 Å². The molecule has 0 bridgehead atoms. The van der Waals surface area contributed by atoms with E-state index in [4.69, 9.17) is 4.74 Å². The largest absolute Gasteiger partial charge is 0.481 e. The fourth-order valence-electron chi connectivity index (χ4n) is 3.54. The Morgan fingerprint density at radius 1 is 1.16 bits per heavy atom. The molecule has 0 saturated heterocycles. The molecule has 0 unspecified atom stereocenters. The second-order valence-electron chi connectivity index (χ2n) is 7.50. The molecule has 1 aliphatic rings. The molecule has 5 rings (SSSR count). The van der Waals surface area contributed by atoms with Gasteiger partial charge in [-0.15, -0.1) is 0 Å². The summed E-state index contributed by atoms with van der Waals surface area (Å²) in [5, 5.41) is 6.86. The fourth-order valence-corrected chi connectivity index (χ4v) is 3.54. The van der Waals surface area contributed by atoms with Crippen molar-refractivity contribution in [1.82, 2.24) is 24.9 Å². The number of aromatic nitrogens is 5. The SMILES string of the molecule is COc1ccc(Nc2ccc(C(=O)c3c[nH]c4ncnc(NC5CCC5)c34)c(F)n2)cn1. The molecule has 1 saturated carbocycles. The van der Waals surface area contributed by atoms with Crippen LogP contribution in [0.2, 0.25) is 0 Å². The molecule has 1 aliphatic carbocycles. The lowest BCUT2D eigenvalue weighted by Crippen LogP contribution is -2.27. The van der Waals surface area contributed by atoms with Crippen LogP contribution in [-0.4, -0.2) is 43.9 Å². The molecule has 0 atom stereocenters. The minimum Gasteiger partial charge on any atom is -0.481 e. The van der Waals surface area contributed by atoms with Gasteiger partial charge in [0.2, 0.25) is 11.8 Å². The molecule has 0 aliphatic heterocycles. The highest BCUT2D eigenvalue weighted by Crippen LogP contribution is 2.30. The number of nitrogens with one attached hydrogen (secondary N) is 3. The van der Waals surface area contributed by atoms with E-state index in [2.05, 4.69) is 35.6 Å². The Balaban J connectivity index is 1.42. The van der Waals surface area contributed by atoms with E-state index in [0.717, 1.165) is 19.3 Å². The Labute approximate surface area is 182 Å². The average Bonchev–Trinajstić information content (AvgIpc) is 3.21. The van der Waals surface area contributed by atoms with Gasteiger partial charge in [-0.2, -0.15) is 4.39 Å². The number of carbonyl (C=O) groups excluding carboxylic acids is 1. The van der Waals surface area contributed by atoms with E-state index >= 15 is 0 Å². The van der Waals surface area contributed by atoms with Gasteiger partial charge in [0.05, 0.1) is 35.5 Å². The lowest BCUT2D eigenvalue weighted by molar-refractivity contribution is 0.103. The molecular weight excluding hydrogens is 413 g/mol. The van der Waals surface area contributed by atoms with Crippen LogP contribution >= 0.6 is 0 Å². The van der Waals surface area contributed by atoms with E-state index in [-0.39, 0.29) is 11.4 Å². The van der Waals surface area contributed by atoms with Gasteiger partial charge >= 0.3 is 0 Å². The molecule has 0 aromatic carbocycles. The minimum atomic E-state index is -0.874. The number of carbonyl (C=O) groups is 1. The molecule has 10 heteroatoms. The van der Waals surface area contributed by atoms with Crippen molar-refractivity contribution >= 4 is 34.1 Å². The predicted octanol–water partition coefficient (Wildman–Crippen LogP) is 3.83. The van der Waals surface area contributed by atoms with Crippen LogP contribution in [0.5, 0.6) is 5.88 Å². The molecule has 162 valence electrons. The Morgan fingerprint density at radius 2 is 2.03 bits per heavy atom. The fraction of sp³-hybridized carbons (Fsp3) is 0.227. The van der Waals surface area contributed by atoms with Gasteiger partial charge in [-0.3, -0.25) is 4.79 Å². The smallest absolute Gasteiger partial charge is 0.226 e. The Bertz CT molecular complexity index is 1290. The van der Waals surface area contributed by atoms with E-state index in [1.54, 1.807) is 24.4 Å². The van der Waals surface area contributed by atoms with Gasteiger partial charge in [-0.25, -0.2) is 19.9 Å². The molecule has 4 aromatic heterocycles. The third kappa shape index (κ3) is 3.70. The number of hydrogen-bond acceptors (Lipinski definition) is 8. The van der Waals surface area contributed by atoms with E-state index in [9.17, 15) is 9.18 Å². The Kier molecular flexibility index (Phi) is 5.10. The summed E-state index contributed by atoms with van der Waals surface area (Å²) in [6.45, 7) is 0. The topological polar surface area (TPSA) is 118 Å². The molecule has 4 heterocycles. The van der Waals surface area contributed by atoms with Gasteiger partial charge in [0.15, 0.2) is 5.78 Å². The first kappa shape index (κ1) is 19.9. The highest BCUT2D eigenvalue weighted by molar-refractivity contribution is 6.18. The van der Waals surface area contributed by atoms with E-state index in [0.29, 0.717) is 40.0 Å². The summed E-state index contributed by atoms with van der Waals surface area (Å²) < 4.78 is 19.8. The number of hydrogen-bond donors (Lipinski definition) is 3. The van der Waals surface area contributed by atoms with Gasteiger partial charge in [-0.05, 0) is 37.5 Å². The third-order valence-electron chi connectivity index (χ3n) is 5.47. The first-order valence-corrected chi connectivity index (χ1v) is 10.2. The standard InChI is InChI=1S/C22H20FN7O2/c1-32-17-8-5-13(9-24-17)28-16-7-6-14(20(23)30-16)19(31)15-10-25-21-18(15)22(27-11-26-21)29-12-3-2-4-12/h5-12H,2-4H2,1H3,(H,28,30)(H2,25,26,27,29). The summed E-state index contributed by atoms with van der Waals surface area (Å²) in [7, 11) is 1.52. The second kappa shape index (κ2) is 8.22. The van der Waals surface area contributed by atoms with Crippen molar-refractivity contribution in [1.29, 1.82) is 0 Å². The molecule has 9 nitrogen and oxygen atoms in total. The van der Waals surface area contributed by atoms with Crippen LogP contribution in [0.25, 0.3) is 11.0 Å². The molecule has 3 N–H and O–H groups in total. The summed E-state index contributed by atoms with van der Waals surface area (Å²) >= 11 is 0. The lowest BCUT2D eigenvalue weighted by Gasteiger charge is -2.27. The number of pyridine rings is 2. The van der Waals surface area contributed by atoms with Crippen LogP contribution in [0.15, 0.2) is 43.0 Å². The first-order chi connectivity index (χ1) is 15.6. The molecule has 32 heavy (non-hydrogen) atoms. The van der Waals surface area contributed by atoms with E-state index < -0.39 is 11.7 Å². The van der Waals surface area contributed by atoms with Crippen LogP contribution in [0, 0.1) is 5.95 Å². The van der Waals surface area contributed by atoms with E-state index in [1.165, 1.54) is 25.7 Å². The van der Waals surface area contributed by atoms with Gasteiger partial charge in [0.25, 0.3) is 0 Å². The average molecular weight is 433 g/mol. The van der Waals surface area contributed by atoms with Crippen molar-refractivity contribution in [2.24, 2.45) is 0 Å². The first-order valence-electron chi connectivity index (χ1n) is 10.2. The van der Waals surface area contributed by atoms with Crippen LogP contribution in [-0.2, 0) is 0 Å². The maximum atomic E-state index is 14.8. The number of fused-ring (bicyclic) bond motifs is 1. The summed E-state index contributed by atoms with van der Waals surface area (Å²) in [6, 6.07) is 6.67. The number of ketones is 1. The number of halogens is 1. The molecule has 0 radical (unpaired) electrons. The molecule has 1 fully saturated rings. The third-order valence-corrected chi connectivity index (χ3v) is 5.47. The normalized spacial score (nSPS) is 13.6. The van der Waals surface area contributed by atoms with Gasteiger partial charge in [0, 0.05) is 18.3 Å². The zero-order valence-corrected chi connectivity index (χ0v) is 17.2. The van der Waals surface area contributed by atoms with Crippen molar-refractivity contribution < 1.29 is 13.9 Å². The van der Waals surface area contributed by atoms with Gasteiger partial charge in [0.1, 0.15) is 23.6 Å². The number of rotatable bonds is 7. The number of ether oxygens (including phenoxy) is 1. The number of anilines is 3. The van der Waals surface area contributed by atoms with Crippen LogP contribution in [0.1, 0.15) is 35.2 Å². The summed E-state index contributed by atoms with van der Waals surface area (Å²) in [6.07, 6.45) is 7.77. The van der Waals surface area contributed by atoms with Crippen molar-refractivity contribution in [3.63, 3.8) is 0 Å². The quantitative estimate of drug-likeness (QED) is 0.297. The molecule has 0 spiro atoms. The zero-order chi connectivity index (χ0) is 22.1. The second-order valence-corrected chi connectivity index (χ2v) is 7.50. The molecule has 4 aromatic rings. The highest BCUT2D eigenvalue weighted by atomic mass is 19.1. The van der Waals surface area contributed by atoms with Crippen LogP contribution in [0.3, 0.4) is 0 Å². The van der Waals surface area contributed by atoms with Crippen molar-refractivity contribution in [2.75, 3.05) is 17.7 Å². The summed E-state index contributed by atoms with van der Waals surface area (Å²) in [4.78, 5) is 32.6. The zero-order valence-electron chi connectivity index (χ0n) is 17.2. The van der Waals surface area contributed by atoms with Crippen molar-refractivity contribution in [3.05, 3.63) is 60.1 Å². The Hall–Kier alpha value is -4.08. The number of methoxy groups -OCH3 is 1. The van der Waals surface area contributed by atoms with Gasteiger partial charge in [-0.1, -0.05) is 0 Å². The summed E-state index contributed by atoms with van der Waals surface area (Å²) in [5.41, 5.74) is 1.28. The van der Waals surface area contributed by atoms with Crippen LogP contribution < -0.4 is 15.4 Å². The predicted molar refractivity (Wildman–Crippen MR) is 117 cm³/mol.